The molecule has 34 heavy (non-hydrogen) atoms. The van der Waals surface area contributed by atoms with Gasteiger partial charge in [0.25, 0.3) is 0 Å². The lowest BCUT2D eigenvalue weighted by molar-refractivity contribution is -0.149. The van der Waals surface area contributed by atoms with Gasteiger partial charge in [-0.1, -0.05) is 96.2 Å². The molecule has 3 rings (SSSR count). The lowest BCUT2D eigenvalue weighted by atomic mass is 9.99. The van der Waals surface area contributed by atoms with Crippen molar-refractivity contribution in [3.63, 3.8) is 0 Å². The number of rotatable bonds is 12. The molecule has 0 saturated heterocycles. The van der Waals surface area contributed by atoms with Crippen molar-refractivity contribution in [3.05, 3.63) is 60.7 Å². The Morgan fingerprint density at radius 1 is 1.21 bits per heavy atom. The number of ether oxygens (including phenoxy) is 2. The number of hydrogen-bond donors (Lipinski definition) is 1. The molecule has 5 heteroatoms. The van der Waals surface area contributed by atoms with Crippen LogP contribution in [-0.2, 0) is 25.7 Å². The molecule has 0 radical (unpaired) electrons. The van der Waals surface area contributed by atoms with Gasteiger partial charge in [-0.05, 0) is 41.5 Å². The quantitative estimate of drug-likeness (QED) is 0.287. The van der Waals surface area contributed by atoms with Crippen LogP contribution in [0.5, 0.6) is 0 Å². The number of fused-ring (bicyclic) bond motifs is 1. The third-order valence-electron chi connectivity index (χ3n) is 6.51. The normalized spacial score (nSPS) is 20.4. The molecule has 1 aliphatic rings. The van der Waals surface area contributed by atoms with Crippen LogP contribution in [0.2, 0.25) is 0 Å². The molecule has 1 aliphatic carbocycles. The van der Waals surface area contributed by atoms with E-state index in [0.29, 0.717) is 19.4 Å². The minimum absolute atomic E-state index is 0. The molecule has 4 atom stereocenters. The fourth-order valence-electron chi connectivity index (χ4n) is 4.36. The van der Waals surface area contributed by atoms with Crippen LogP contribution in [0, 0.1) is 11.8 Å². The maximum atomic E-state index is 12.9. The highest BCUT2D eigenvalue weighted by Gasteiger charge is 2.61. The van der Waals surface area contributed by atoms with E-state index in [4.69, 9.17) is 9.47 Å². The van der Waals surface area contributed by atoms with Crippen molar-refractivity contribution in [1.29, 1.82) is 0 Å². The Morgan fingerprint density at radius 2 is 1.91 bits per heavy atom. The third-order valence-corrected chi connectivity index (χ3v) is 6.51. The summed E-state index contributed by atoms with van der Waals surface area (Å²) in [6, 6.07) is 14.5. The molecular weight excluding hydrogens is 426 g/mol. The molecule has 1 unspecified atom stereocenters. The standard InChI is InChI=1S/C27H35NO4.C2H6.H2/c1-5-15-31-26(30)27(17-22(27)6-2)28-25(29)19(4)16-23(7-3)32-18-21-13-10-12-20-11-8-9-14-24(20)21;1-2;/h5,8-14,19,22-23H,1,6-7,15-18H2,2-4H3,(H,28,29);1-2H3;1H/t19-,22?,23-,27+;;/m0../s1. The fraction of sp³-hybridized carbons (Fsp3) is 0.517. The lowest BCUT2D eigenvalue weighted by Crippen LogP contribution is -2.48. The van der Waals surface area contributed by atoms with Crippen LogP contribution in [0.25, 0.3) is 10.8 Å². The van der Waals surface area contributed by atoms with Crippen LogP contribution in [0.3, 0.4) is 0 Å². The van der Waals surface area contributed by atoms with Crippen molar-refractivity contribution in [2.24, 2.45) is 11.8 Å². The smallest absolute Gasteiger partial charge is 0.332 e. The monoisotopic (exact) mass is 469 g/mol. The highest BCUT2D eigenvalue weighted by Crippen LogP contribution is 2.47. The van der Waals surface area contributed by atoms with Gasteiger partial charge in [0.2, 0.25) is 5.91 Å². The first-order valence-electron chi connectivity index (χ1n) is 12.6. The highest BCUT2D eigenvalue weighted by molar-refractivity contribution is 5.92. The second-order valence-electron chi connectivity index (χ2n) is 8.77. The number of nitrogens with one attached hydrogen (secondary N) is 1. The Balaban J connectivity index is 0.00000199. The van der Waals surface area contributed by atoms with Crippen molar-refractivity contribution in [1.82, 2.24) is 5.32 Å². The van der Waals surface area contributed by atoms with E-state index in [0.717, 1.165) is 18.4 Å². The second kappa shape index (κ2) is 13.3. The van der Waals surface area contributed by atoms with Gasteiger partial charge in [-0.3, -0.25) is 4.79 Å². The molecule has 1 saturated carbocycles. The van der Waals surface area contributed by atoms with Gasteiger partial charge in [0, 0.05) is 7.34 Å². The van der Waals surface area contributed by atoms with Crippen molar-refractivity contribution in [2.75, 3.05) is 6.61 Å². The maximum Gasteiger partial charge on any atom is 0.332 e. The van der Waals surface area contributed by atoms with Crippen molar-refractivity contribution in [2.45, 2.75) is 78.6 Å². The van der Waals surface area contributed by atoms with E-state index in [1.165, 1.54) is 10.8 Å². The summed E-state index contributed by atoms with van der Waals surface area (Å²) >= 11 is 0. The van der Waals surface area contributed by atoms with E-state index in [1.807, 2.05) is 45.9 Å². The zero-order valence-corrected chi connectivity index (χ0v) is 21.4. The van der Waals surface area contributed by atoms with Crippen LogP contribution in [0.15, 0.2) is 55.1 Å². The summed E-state index contributed by atoms with van der Waals surface area (Å²) in [6.07, 6.45) is 4.36. The van der Waals surface area contributed by atoms with Gasteiger partial charge in [0.1, 0.15) is 12.1 Å². The Bertz CT molecular complexity index is 957. The first-order valence-corrected chi connectivity index (χ1v) is 12.6. The number of benzene rings is 2. The van der Waals surface area contributed by atoms with Gasteiger partial charge in [0.15, 0.2) is 0 Å². The average Bonchev–Trinajstić information content (AvgIpc) is 3.60. The van der Waals surface area contributed by atoms with Crippen LogP contribution in [0.1, 0.15) is 67.3 Å². The second-order valence-corrected chi connectivity index (χ2v) is 8.77. The average molecular weight is 470 g/mol. The van der Waals surface area contributed by atoms with E-state index in [9.17, 15) is 9.59 Å². The van der Waals surface area contributed by atoms with E-state index in [-0.39, 0.29) is 37.8 Å². The number of hydrogen-bond acceptors (Lipinski definition) is 4. The van der Waals surface area contributed by atoms with Crippen molar-refractivity contribution < 1.29 is 20.5 Å². The minimum Gasteiger partial charge on any atom is -0.460 e. The van der Waals surface area contributed by atoms with Crippen molar-refractivity contribution in [3.8, 4) is 0 Å². The van der Waals surface area contributed by atoms with Gasteiger partial charge in [0.05, 0.1) is 12.7 Å². The summed E-state index contributed by atoms with van der Waals surface area (Å²) < 4.78 is 11.5. The summed E-state index contributed by atoms with van der Waals surface area (Å²) in [4.78, 5) is 25.5. The molecule has 2 aromatic rings. The molecule has 1 fully saturated rings. The van der Waals surface area contributed by atoms with Gasteiger partial charge < -0.3 is 14.8 Å². The molecule has 0 aliphatic heterocycles. The molecule has 5 nitrogen and oxygen atoms in total. The molecule has 2 aromatic carbocycles. The number of carbonyl (C=O) groups is 2. The Hall–Kier alpha value is -2.66. The first-order chi connectivity index (χ1) is 16.4. The molecule has 0 heterocycles. The van der Waals surface area contributed by atoms with Crippen LogP contribution < -0.4 is 5.32 Å². The largest absolute Gasteiger partial charge is 0.460 e. The zero-order chi connectivity index (χ0) is 25.1. The molecule has 1 amide bonds. The molecule has 188 valence electrons. The Kier molecular flexibility index (Phi) is 10.8. The predicted octanol–water partition coefficient (Wildman–Crippen LogP) is 6.45. The SMILES string of the molecule is C=CCOC(=O)[C@@]1(NC(=O)[C@@H](C)C[C@H](CC)OCc2cccc3ccccc23)CC1CC.CC.[HH]. The van der Waals surface area contributed by atoms with Gasteiger partial charge in [-0.25, -0.2) is 4.79 Å². The van der Waals surface area contributed by atoms with Gasteiger partial charge in [-0.15, -0.1) is 0 Å². The molecule has 0 bridgehead atoms. The van der Waals surface area contributed by atoms with Crippen LogP contribution >= 0.6 is 0 Å². The number of amides is 1. The van der Waals surface area contributed by atoms with E-state index < -0.39 is 5.54 Å². The van der Waals surface area contributed by atoms with E-state index in [2.05, 4.69) is 43.1 Å². The lowest BCUT2D eigenvalue weighted by Gasteiger charge is -2.23. The summed E-state index contributed by atoms with van der Waals surface area (Å²) in [5, 5.41) is 5.38. The summed E-state index contributed by atoms with van der Waals surface area (Å²) in [7, 11) is 0. The Labute approximate surface area is 206 Å². The number of esters is 1. The third kappa shape index (κ3) is 6.69. The molecule has 0 aromatic heterocycles. The maximum absolute atomic E-state index is 12.9. The summed E-state index contributed by atoms with van der Waals surface area (Å²) in [5.41, 5.74) is 0.264. The van der Waals surface area contributed by atoms with Crippen LogP contribution in [-0.4, -0.2) is 30.1 Å². The van der Waals surface area contributed by atoms with E-state index in [1.54, 1.807) is 6.08 Å². The minimum atomic E-state index is -0.880. The molecule has 0 spiro atoms. The van der Waals surface area contributed by atoms with E-state index >= 15 is 0 Å². The molecule has 1 N–H and O–H groups in total. The van der Waals surface area contributed by atoms with Crippen LogP contribution in [0.4, 0.5) is 0 Å². The van der Waals surface area contributed by atoms with Crippen molar-refractivity contribution >= 4 is 22.6 Å². The topological polar surface area (TPSA) is 64.6 Å². The molecular formula is C29H43NO4. The zero-order valence-electron chi connectivity index (χ0n) is 21.4. The predicted molar refractivity (Wildman–Crippen MR) is 140 cm³/mol. The summed E-state index contributed by atoms with van der Waals surface area (Å²) in [6.45, 7) is 14.2. The Morgan fingerprint density at radius 3 is 2.56 bits per heavy atom. The fourth-order valence-corrected chi connectivity index (χ4v) is 4.36. The van der Waals surface area contributed by atoms with Gasteiger partial charge >= 0.3 is 5.97 Å². The first kappa shape index (κ1) is 27.6. The number of carbonyl (C=O) groups excluding carboxylic acids is 2. The summed E-state index contributed by atoms with van der Waals surface area (Å²) in [5.74, 6) is -0.622. The highest BCUT2D eigenvalue weighted by atomic mass is 16.5. The van der Waals surface area contributed by atoms with Gasteiger partial charge in [-0.2, -0.15) is 0 Å².